The Morgan fingerprint density at radius 1 is 1.28 bits per heavy atom. The lowest BCUT2D eigenvalue weighted by atomic mass is 9.86. The summed E-state index contributed by atoms with van der Waals surface area (Å²) in [7, 11) is 0. The van der Waals surface area contributed by atoms with Crippen LogP contribution in [0, 0.1) is 20.8 Å². The fourth-order valence-corrected chi connectivity index (χ4v) is 3.18. The first kappa shape index (κ1) is 13.2. The Kier molecular flexibility index (Phi) is 3.55. The highest BCUT2D eigenvalue weighted by molar-refractivity contribution is 7.09. The van der Waals surface area contributed by atoms with Gasteiger partial charge >= 0.3 is 0 Å². The lowest BCUT2D eigenvalue weighted by molar-refractivity contribution is 0.487. The van der Waals surface area contributed by atoms with E-state index in [1.54, 1.807) is 11.3 Å². The van der Waals surface area contributed by atoms with Crippen LogP contribution in [0.1, 0.15) is 34.3 Å². The molecule has 0 aliphatic rings. The third-order valence-electron chi connectivity index (χ3n) is 3.19. The predicted molar refractivity (Wildman–Crippen MR) is 78.0 cm³/mol. The van der Waals surface area contributed by atoms with Gasteiger partial charge < -0.3 is 5.73 Å². The number of nitrogens with zero attached hydrogens (tertiary/aromatic N) is 1. The van der Waals surface area contributed by atoms with Gasteiger partial charge in [-0.05, 0) is 38.8 Å². The number of hydrogen-bond acceptors (Lipinski definition) is 3. The Morgan fingerprint density at radius 2 is 2.00 bits per heavy atom. The van der Waals surface area contributed by atoms with Gasteiger partial charge in [0.1, 0.15) is 0 Å². The number of rotatable bonds is 3. The molecule has 1 heterocycles. The molecule has 18 heavy (non-hydrogen) atoms. The van der Waals surface area contributed by atoms with E-state index in [-0.39, 0.29) is 5.54 Å². The molecule has 0 saturated carbocycles. The fourth-order valence-electron chi connectivity index (χ4n) is 2.24. The second-order valence-electron chi connectivity index (χ2n) is 5.30. The maximum absolute atomic E-state index is 6.52. The smallest absolute Gasteiger partial charge is 0.0949 e. The van der Waals surface area contributed by atoms with Gasteiger partial charge in [-0.1, -0.05) is 23.8 Å². The van der Waals surface area contributed by atoms with Crippen molar-refractivity contribution in [3.8, 4) is 0 Å². The Morgan fingerprint density at radius 3 is 2.61 bits per heavy atom. The average molecular weight is 260 g/mol. The number of benzene rings is 1. The van der Waals surface area contributed by atoms with E-state index in [2.05, 4.69) is 49.3 Å². The van der Waals surface area contributed by atoms with E-state index in [0.29, 0.717) is 0 Å². The summed E-state index contributed by atoms with van der Waals surface area (Å²) in [5, 5.41) is 3.19. The SMILES string of the molecule is Cc1ccc(C)c(C(C)(N)Cc2nc(C)cs2)c1. The first-order valence-electron chi connectivity index (χ1n) is 6.16. The molecule has 0 amide bonds. The van der Waals surface area contributed by atoms with Crippen molar-refractivity contribution in [1.82, 2.24) is 4.98 Å². The quantitative estimate of drug-likeness (QED) is 0.917. The molecular weight excluding hydrogens is 240 g/mol. The molecule has 2 rings (SSSR count). The molecule has 0 fully saturated rings. The van der Waals surface area contributed by atoms with Crippen LogP contribution in [-0.2, 0) is 12.0 Å². The Hall–Kier alpha value is -1.19. The minimum Gasteiger partial charge on any atom is -0.321 e. The number of aryl methyl sites for hydroxylation is 3. The van der Waals surface area contributed by atoms with Gasteiger partial charge in [-0.3, -0.25) is 0 Å². The van der Waals surface area contributed by atoms with E-state index in [1.165, 1.54) is 16.7 Å². The molecule has 0 saturated heterocycles. The van der Waals surface area contributed by atoms with E-state index in [9.17, 15) is 0 Å². The van der Waals surface area contributed by atoms with Crippen molar-refractivity contribution in [2.75, 3.05) is 0 Å². The maximum atomic E-state index is 6.52. The third kappa shape index (κ3) is 2.79. The zero-order chi connectivity index (χ0) is 13.3. The summed E-state index contributed by atoms with van der Waals surface area (Å²) in [6, 6.07) is 6.46. The van der Waals surface area contributed by atoms with Gasteiger partial charge in [0.15, 0.2) is 0 Å². The molecule has 2 nitrogen and oxygen atoms in total. The first-order chi connectivity index (χ1) is 8.38. The molecule has 1 unspecified atom stereocenters. The van der Waals surface area contributed by atoms with Gasteiger partial charge in [-0.15, -0.1) is 11.3 Å². The molecule has 1 aromatic carbocycles. The molecular formula is C15H20N2S. The van der Waals surface area contributed by atoms with Crippen molar-refractivity contribution >= 4 is 11.3 Å². The largest absolute Gasteiger partial charge is 0.321 e. The molecule has 0 aliphatic carbocycles. The second-order valence-corrected chi connectivity index (χ2v) is 6.24. The summed E-state index contributed by atoms with van der Waals surface area (Å²) >= 11 is 1.69. The lowest BCUT2D eigenvalue weighted by Crippen LogP contribution is -2.36. The normalized spacial score (nSPS) is 14.5. The van der Waals surface area contributed by atoms with Gasteiger partial charge in [0.25, 0.3) is 0 Å². The maximum Gasteiger partial charge on any atom is 0.0949 e. The molecule has 1 aromatic heterocycles. The third-order valence-corrected chi connectivity index (χ3v) is 4.16. The Bertz CT molecular complexity index is 555. The summed E-state index contributed by atoms with van der Waals surface area (Å²) < 4.78 is 0. The van der Waals surface area contributed by atoms with Gasteiger partial charge in [0, 0.05) is 23.0 Å². The van der Waals surface area contributed by atoms with Gasteiger partial charge in [-0.2, -0.15) is 0 Å². The minimum absolute atomic E-state index is 0.361. The molecule has 0 aliphatic heterocycles. The van der Waals surface area contributed by atoms with Crippen LogP contribution in [-0.4, -0.2) is 4.98 Å². The van der Waals surface area contributed by atoms with E-state index >= 15 is 0 Å². The summed E-state index contributed by atoms with van der Waals surface area (Å²) in [6.07, 6.45) is 0.788. The number of thiazole rings is 1. The van der Waals surface area contributed by atoms with Crippen LogP contribution < -0.4 is 5.73 Å². The van der Waals surface area contributed by atoms with Crippen LogP contribution in [0.5, 0.6) is 0 Å². The van der Waals surface area contributed by atoms with Crippen molar-refractivity contribution in [2.24, 2.45) is 5.73 Å². The van der Waals surface area contributed by atoms with E-state index in [1.807, 2.05) is 6.92 Å². The van der Waals surface area contributed by atoms with Gasteiger partial charge in [-0.25, -0.2) is 4.98 Å². The second kappa shape index (κ2) is 4.82. The summed E-state index contributed by atoms with van der Waals surface area (Å²) in [5.41, 5.74) is 10.9. The molecule has 0 spiro atoms. The van der Waals surface area contributed by atoms with E-state index < -0.39 is 0 Å². The molecule has 0 radical (unpaired) electrons. The van der Waals surface area contributed by atoms with Crippen LogP contribution in [0.15, 0.2) is 23.6 Å². The fraction of sp³-hybridized carbons (Fsp3) is 0.400. The first-order valence-corrected chi connectivity index (χ1v) is 7.04. The average Bonchev–Trinajstić information content (AvgIpc) is 2.66. The van der Waals surface area contributed by atoms with Crippen molar-refractivity contribution in [2.45, 2.75) is 39.7 Å². The molecule has 0 bridgehead atoms. The van der Waals surface area contributed by atoms with E-state index in [4.69, 9.17) is 5.73 Å². The van der Waals surface area contributed by atoms with Crippen molar-refractivity contribution < 1.29 is 0 Å². The highest BCUT2D eigenvalue weighted by Crippen LogP contribution is 2.27. The molecule has 1 atom stereocenters. The zero-order valence-electron chi connectivity index (χ0n) is 11.4. The monoisotopic (exact) mass is 260 g/mol. The number of nitrogens with two attached hydrogens (primary N) is 1. The molecule has 2 aromatic rings. The number of hydrogen-bond donors (Lipinski definition) is 1. The predicted octanol–water partition coefficient (Wildman–Crippen LogP) is 3.48. The summed E-state index contributed by atoms with van der Waals surface area (Å²) in [6.45, 7) is 8.33. The highest BCUT2D eigenvalue weighted by Gasteiger charge is 2.25. The minimum atomic E-state index is -0.361. The van der Waals surface area contributed by atoms with Gasteiger partial charge in [0.05, 0.1) is 5.01 Å². The van der Waals surface area contributed by atoms with Crippen LogP contribution in [0.25, 0.3) is 0 Å². The number of aromatic nitrogens is 1. The van der Waals surface area contributed by atoms with Crippen molar-refractivity contribution in [1.29, 1.82) is 0 Å². The van der Waals surface area contributed by atoms with Gasteiger partial charge in [0.2, 0.25) is 0 Å². The van der Waals surface area contributed by atoms with E-state index in [0.717, 1.165) is 17.1 Å². The summed E-state index contributed by atoms with van der Waals surface area (Å²) in [5.74, 6) is 0. The lowest BCUT2D eigenvalue weighted by Gasteiger charge is -2.26. The summed E-state index contributed by atoms with van der Waals surface area (Å²) in [4.78, 5) is 4.51. The van der Waals surface area contributed by atoms with Crippen LogP contribution in [0.2, 0.25) is 0 Å². The Balaban J connectivity index is 2.32. The zero-order valence-corrected chi connectivity index (χ0v) is 12.3. The topological polar surface area (TPSA) is 38.9 Å². The van der Waals surface area contributed by atoms with Crippen LogP contribution >= 0.6 is 11.3 Å². The molecule has 96 valence electrons. The standard InChI is InChI=1S/C15H20N2S/c1-10-5-6-11(2)13(7-10)15(4,16)8-14-17-12(3)9-18-14/h5-7,9H,8,16H2,1-4H3. The van der Waals surface area contributed by atoms with Crippen LogP contribution in [0.3, 0.4) is 0 Å². The van der Waals surface area contributed by atoms with Crippen molar-refractivity contribution in [3.63, 3.8) is 0 Å². The van der Waals surface area contributed by atoms with Crippen LogP contribution in [0.4, 0.5) is 0 Å². The Labute approximate surface area is 113 Å². The molecule has 2 N–H and O–H groups in total. The molecule has 3 heteroatoms. The van der Waals surface area contributed by atoms with Crippen molar-refractivity contribution in [3.05, 3.63) is 51.0 Å². The highest BCUT2D eigenvalue weighted by atomic mass is 32.1.